The molecule has 6 aromatic carbocycles. The topological polar surface area (TPSA) is 323 Å². The molecule has 0 unspecified atom stereocenters. The lowest BCUT2D eigenvalue weighted by molar-refractivity contribution is -0.139. The third kappa shape index (κ3) is 16.3. The second-order valence-electron chi connectivity index (χ2n) is 20.8. The Balaban J connectivity index is 0.000000186. The number of carboxylic acids is 1. The van der Waals surface area contributed by atoms with Gasteiger partial charge in [-0.15, -0.1) is 10.2 Å². The summed E-state index contributed by atoms with van der Waals surface area (Å²) >= 11 is 12.0. The lowest BCUT2D eigenvalue weighted by Gasteiger charge is -2.20. The number of aromatic nitrogens is 7. The van der Waals surface area contributed by atoms with E-state index in [-0.39, 0.29) is 65.9 Å². The third-order valence-corrected chi connectivity index (χ3v) is 17.3. The third-order valence-electron chi connectivity index (χ3n) is 14.2. The number of primary sulfonamides is 1. The van der Waals surface area contributed by atoms with Crippen LogP contribution in [0.4, 0.5) is 15.8 Å². The molecular formula is C62H66Cl2FN11O10S2. The molecule has 1 aliphatic heterocycles. The van der Waals surface area contributed by atoms with Gasteiger partial charge in [-0.2, -0.15) is 9.94 Å². The number of halogens is 3. The second kappa shape index (κ2) is 29.7. The smallest absolute Gasteiger partial charge is 0.305 e. The van der Waals surface area contributed by atoms with Crippen LogP contribution in [0.2, 0.25) is 10.2 Å². The van der Waals surface area contributed by atoms with Crippen LogP contribution in [0.1, 0.15) is 91.9 Å². The predicted octanol–water partition coefficient (Wildman–Crippen LogP) is 10.2. The number of unbranched alkanes of at least 4 members (excludes halogenated alkanes) is 1. The number of sulfonamides is 2. The number of aryl methyl sites for hydroxylation is 1. The van der Waals surface area contributed by atoms with Gasteiger partial charge in [0, 0.05) is 42.0 Å². The molecule has 0 radical (unpaired) electrons. The highest BCUT2D eigenvalue weighted by Crippen LogP contribution is 2.43. The van der Waals surface area contributed by atoms with Crippen LogP contribution in [0.5, 0.6) is 0 Å². The standard InChI is InChI=1S/C33H35FN2O5.C22H23ClN6O.C7H8ClN3O4S2/c1-21(2)31-30(33(41)35-25-11-7-4-8-12-25)29(22-9-5-3-6-10-22)32(23-13-15-24(34)16-14-23)36(31)18-17-26(37)19-27(38)20-28(39)40;1-2-3-8-20-24-21(23)19(14-30)29(20)13-15-9-11-16(12-10-15)17-6-4-5-7-18(17)22-25-27-28-26-22;8-4-1-5-7(2-6(4)16(9,12)13)17(14,15)11-3-10-5/h3-16,21,26-27,37-38H,17-20H2,1-2H3,(H,35,41)(H,39,40);4-7,9-12,30H,2-3,8,13-14H2,1H3,(H,25,26,27,28);1-2,10-11H,3H2,(H2,9,12,13)/t26-,27-;;/m1../s1. The Kier molecular flexibility index (Phi) is 22.2. The highest BCUT2D eigenvalue weighted by atomic mass is 35.5. The summed E-state index contributed by atoms with van der Waals surface area (Å²) < 4.78 is 65.9. The summed E-state index contributed by atoms with van der Waals surface area (Å²) in [5.41, 5.74) is 9.81. The highest BCUT2D eigenvalue weighted by Gasteiger charge is 2.32. The molecule has 10 rings (SSSR count). The van der Waals surface area contributed by atoms with E-state index >= 15 is 0 Å². The number of nitrogens with zero attached hydrogens (tertiary/aromatic N) is 6. The average Bonchev–Trinajstić information content (AvgIpc) is 1.65. The van der Waals surface area contributed by atoms with Crippen molar-refractivity contribution in [3.63, 3.8) is 0 Å². The van der Waals surface area contributed by atoms with Gasteiger partial charge in [0.2, 0.25) is 25.9 Å². The van der Waals surface area contributed by atoms with Crippen LogP contribution >= 0.6 is 23.2 Å². The van der Waals surface area contributed by atoms with Crippen LogP contribution in [-0.2, 0) is 51.0 Å². The van der Waals surface area contributed by atoms with Gasteiger partial charge in [-0.05, 0) is 107 Å². The van der Waals surface area contributed by atoms with E-state index in [9.17, 15) is 46.1 Å². The van der Waals surface area contributed by atoms with Crippen LogP contribution in [0, 0.1) is 5.82 Å². The molecule has 0 saturated heterocycles. The van der Waals surface area contributed by atoms with Gasteiger partial charge in [0.1, 0.15) is 21.4 Å². The first kappa shape index (κ1) is 65.8. The number of aliphatic hydroxyl groups is 3. The van der Waals surface area contributed by atoms with Crippen LogP contribution < -0.4 is 20.5 Å². The molecule has 10 N–H and O–H groups in total. The van der Waals surface area contributed by atoms with E-state index in [0.717, 1.165) is 64.7 Å². The number of anilines is 2. The van der Waals surface area contributed by atoms with E-state index in [1.165, 1.54) is 18.2 Å². The van der Waals surface area contributed by atoms with Gasteiger partial charge in [0.25, 0.3) is 5.91 Å². The molecular weight excluding hydrogens is 1210 g/mol. The summed E-state index contributed by atoms with van der Waals surface area (Å²) in [4.78, 5) is 28.9. The quantitative estimate of drug-likeness (QED) is 0.0323. The molecule has 0 spiro atoms. The van der Waals surface area contributed by atoms with Crippen LogP contribution in [-0.4, -0.2) is 103 Å². The minimum atomic E-state index is -4.07. The van der Waals surface area contributed by atoms with Gasteiger partial charge in [-0.25, -0.2) is 31.3 Å². The van der Waals surface area contributed by atoms with Crippen molar-refractivity contribution in [1.29, 1.82) is 0 Å². The fourth-order valence-corrected chi connectivity index (χ4v) is 12.7. The van der Waals surface area contributed by atoms with Crippen molar-refractivity contribution in [2.75, 3.05) is 17.3 Å². The first-order chi connectivity index (χ1) is 42.1. The number of nitrogens with one attached hydrogen (secondary N) is 4. The summed E-state index contributed by atoms with van der Waals surface area (Å²) in [6, 6.07) is 43.2. The molecule has 2 atom stereocenters. The second-order valence-corrected chi connectivity index (χ2v) is 24.9. The van der Waals surface area contributed by atoms with E-state index in [1.54, 1.807) is 12.1 Å². The first-order valence-electron chi connectivity index (χ1n) is 28.0. The molecule has 9 aromatic rings. The van der Waals surface area contributed by atoms with Crippen molar-refractivity contribution in [2.45, 2.75) is 107 Å². The number of hydrogen-bond acceptors (Lipinski definition) is 14. The number of benzene rings is 6. The number of aliphatic carboxylic acids is 1. The molecule has 0 fully saturated rings. The van der Waals surface area contributed by atoms with Crippen molar-refractivity contribution in [1.82, 2.24) is 39.5 Å². The Morgan fingerprint density at radius 3 is 2.10 bits per heavy atom. The number of rotatable bonds is 21. The first-order valence-corrected chi connectivity index (χ1v) is 31.8. The molecule has 462 valence electrons. The van der Waals surface area contributed by atoms with Crippen molar-refractivity contribution in [2.24, 2.45) is 5.14 Å². The zero-order valence-electron chi connectivity index (χ0n) is 48.1. The number of fused-ring (bicyclic) bond motifs is 1. The fourth-order valence-electron chi connectivity index (χ4n) is 10.2. The van der Waals surface area contributed by atoms with Gasteiger partial charge in [0.05, 0.1) is 59.6 Å². The van der Waals surface area contributed by atoms with Gasteiger partial charge >= 0.3 is 5.97 Å². The summed E-state index contributed by atoms with van der Waals surface area (Å²) in [6.07, 6.45) is 0.441. The van der Waals surface area contributed by atoms with Crippen LogP contribution in [0.15, 0.2) is 155 Å². The zero-order valence-corrected chi connectivity index (χ0v) is 51.3. The summed E-state index contributed by atoms with van der Waals surface area (Å²) in [5, 5.41) is 64.8. The minimum absolute atomic E-state index is 0.0143. The van der Waals surface area contributed by atoms with Crippen molar-refractivity contribution in [3.8, 4) is 44.9 Å². The molecule has 1 aliphatic rings. The molecule has 3 aromatic heterocycles. The molecule has 0 bridgehead atoms. The lowest BCUT2D eigenvalue weighted by atomic mass is 9.94. The average molecular weight is 1280 g/mol. The normalized spacial score (nSPS) is 13.3. The molecule has 1 amide bonds. The van der Waals surface area contributed by atoms with E-state index in [0.29, 0.717) is 51.3 Å². The maximum absolute atomic E-state index is 14.0. The van der Waals surface area contributed by atoms with Gasteiger partial charge < -0.3 is 40.2 Å². The lowest BCUT2D eigenvalue weighted by Crippen LogP contribution is -2.34. The maximum Gasteiger partial charge on any atom is 0.305 e. The Bertz CT molecular complexity index is 4080. The summed E-state index contributed by atoms with van der Waals surface area (Å²) in [6.45, 7) is 6.89. The molecule has 88 heavy (non-hydrogen) atoms. The number of carboxylic acid groups (broad SMARTS) is 1. The van der Waals surface area contributed by atoms with E-state index in [4.69, 9.17) is 33.4 Å². The molecule has 0 saturated carbocycles. The number of H-pyrrole nitrogens is 1. The number of amides is 1. The minimum Gasteiger partial charge on any atom is -0.481 e. The number of imidazole rings is 1. The number of carbonyl (C=O) groups is 2. The summed E-state index contributed by atoms with van der Waals surface area (Å²) in [5.74, 6) is -0.455. The number of aromatic amines is 1. The Morgan fingerprint density at radius 2 is 1.49 bits per heavy atom. The van der Waals surface area contributed by atoms with Gasteiger partial charge in [-0.1, -0.05) is 147 Å². The van der Waals surface area contributed by atoms with Crippen molar-refractivity contribution in [3.05, 3.63) is 190 Å². The van der Waals surface area contributed by atoms with Gasteiger partial charge in [-0.3, -0.25) is 9.59 Å². The van der Waals surface area contributed by atoms with Crippen molar-refractivity contribution >= 4 is 66.5 Å². The Labute approximate surface area is 518 Å². The maximum atomic E-state index is 14.0. The Hall–Kier alpha value is -8.17. The SMILES string of the molecule is CC(C)c1c(C(=O)Nc2ccccc2)c(-c2ccccc2)c(-c2ccc(F)cc2)n1CC[C@@H](O)C[C@@H](O)CC(=O)O.CCCCc1nc(Cl)c(CO)n1Cc1ccc(-c2ccccc2-c2nn[nH]n2)cc1.NS(=O)(=O)c1cc2c(cc1Cl)NCNS2(=O)=O. The highest BCUT2D eigenvalue weighted by molar-refractivity contribution is 7.90. The number of para-hydroxylation sites is 1. The largest absolute Gasteiger partial charge is 0.481 e. The zero-order chi connectivity index (χ0) is 63.3. The van der Waals surface area contributed by atoms with Crippen LogP contribution in [0.3, 0.4) is 0 Å². The summed E-state index contributed by atoms with van der Waals surface area (Å²) in [7, 11) is -7.80. The van der Waals surface area contributed by atoms with E-state index in [1.807, 2.05) is 108 Å². The monoisotopic (exact) mass is 1280 g/mol. The number of aliphatic hydroxyl groups excluding tert-OH is 3. The van der Waals surface area contributed by atoms with E-state index in [2.05, 4.69) is 72.2 Å². The van der Waals surface area contributed by atoms with E-state index < -0.39 is 49.5 Å². The molecule has 21 nitrogen and oxygen atoms in total. The molecule has 26 heteroatoms. The molecule has 4 heterocycles. The fraction of sp³-hybridized carbons (Fsp3) is 0.258. The molecule has 0 aliphatic carbocycles. The predicted molar refractivity (Wildman–Crippen MR) is 335 cm³/mol. The number of nitrogens with two attached hydrogens (primary N) is 1. The van der Waals surface area contributed by atoms with Gasteiger partial charge in [0.15, 0.2) is 5.15 Å². The Morgan fingerprint density at radius 1 is 0.841 bits per heavy atom. The number of tetrazole rings is 1. The van der Waals surface area contributed by atoms with Crippen LogP contribution in [0.25, 0.3) is 44.9 Å². The van der Waals surface area contributed by atoms with Crippen molar-refractivity contribution < 1.29 is 51.2 Å². The number of carbonyl (C=O) groups excluding carboxylic acids is 1. The number of hydrogen-bond donors (Lipinski definition) is 9.